The van der Waals surface area contributed by atoms with E-state index >= 15 is 0 Å². The Labute approximate surface area is 152 Å². The van der Waals surface area contributed by atoms with Crippen LogP contribution in [0.3, 0.4) is 0 Å². The molecular formula is C17H15BrFNO5. The van der Waals surface area contributed by atoms with Gasteiger partial charge in [-0.15, -0.1) is 0 Å². The Bertz CT molecular complexity index is 797. The van der Waals surface area contributed by atoms with Crippen LogP contribution in [0.4, 0.5) is 10.1 Å². The molecule has 132 valence electrons. The number of methoxy groups -OCH3 is 2. The van der Waals surface area contributed by atoms with E-state index in [1.807, 2.05) is 0 Å². The van der Waals surface area contributed by atoms with Gasteiger partial charge in [0.1, 0.15) is 5.82 Å². The van der Waals surface area contributed by atoms with Crippen LogP contribution in [0.1, 0.15) is 10.4 Å². The fraction of sp³-hybridized carbons (Fsp3) is 0.176. The van der Waals surface area contributed by atoms with E-state index in [1.54, 1.807) is 18.2 Å². The standard InChI is InChI=1S/C17H15BrFNO5/c1-23-14-6-4-11(8-15(14)24-2)20-16(21)9-25-17(22)12-7-10(18)3-5-13(12)19/h3-8H,9H2,1-2H3,(H,20,21). The van der Waals surface area contributed by atoms with Crippen molar-refractivity contribution in [3.8, 4) is 11.5 Å². The molecule has 0 radical (unpaired) electrons. The minimum Gasteiger partial charge on any atom is -0.493 e. The first-order valence-corrected chi connectivity index (χ1v) is 7.88. The van der Waals surface area contributed by atoms with Crippen LogP contribution >= 0.6 is 15.9 Å². The SMILES string of the molecule is COc1ccc(NC(=O)COC(=O)c2cc(Br)ccc2F)cc1OC. The van der Waals surface area contributed by atoms with Gasteiger partial charge in [-0.3, -0.25) is 4.79 Å². The van der Waals surface area contributed by atoms with Crippen molar-refractivity contribution in [1.82, 2.24) is 0 Å². The van der Waals surface area contributed by atoms with E-state index in [9.17, 15) is 14.0 Å². The van der Waals surface area contributed by atoms with Crippen molar-refractivity contribution in [1.29, 1.82) is 0 Å². The van der Waals surface area contributed by atoms with Crippen LogP contribution in [-0.4, -0.2) is 32.7 Å². The zero-order valence-electron chi connectivity index (χ0n) is 13.5. The first kappa shape index (κ1) is 18.7. The largest absolute Gasteiger partial charge is 0.493 e. The molecule has 0 unspecified atom stereocenters. The Morgan fingerprint density at radius 3 is 2.48 bits per heavy atom. The summed E-state index contributed by atoms with van der Waals surface area (Å²) in [6, 6.07) is 8.66. The molecule has 0 saturated heterocycles. The molecule has 1 N–H and O–H groups in total. The molecule has 1 amide bonds. The zero-order chi connectivity index (χ0) is 18.4. The lowest BCUT2D eigenvalue weighted by atomic mass is 10.2. The van der Waals surface area contributed by atoms with Crippen molar-refractivity contribution in [2.24, 2.45) is 0 Å². The predicted molar refractivity (Wildman–Crippen MR) is 92.6 cm³/mol. The van der Waals surface area contributed by atoms with E-state index in [0.29, 0.717) is 21.7 Å². The van der Waals surface area contributed by atoms with E-state index in [4.69, 9.17) is 14.2 Å². The van der Waals surface area contributed by atoms with Gasteiger partial charge in [0.2, 0.25) is 0 Å². The molecule has 2 rings (SSSR count). The maximum atomic E-state index is 13.6. The molecule has 2 aromatic carbocycles. The van der Waals surface area contributed by atoms with Gasteiger partial charge < -0.3 is 19.5 Å². The van der Waals surface area contributed by atoms with Gasteiger partial charge >= 0.3 is 5.97 Å². The number of benzene rings is 2. The minimum absolute atomic E-state index is 0.256. The lowest BCUT2D eigenvalue weighted by Gasteiger charge is -2.11. The third-order valence-electron chi connectivity index (χ3n) is 3.15. The fourth-order valence-corrected chi connectivity index (χ4v) is 2.33. The van der Waals surface area contributed by atoms with Gasteiger partial charge in [0.15, 0.2) is 18.1 Å². The highest BCUT2D eigenvalue weighted by Gasteiger charge is 2.16. The number of amides is 1. The number of anilines is 1. The van der Waals surface area contributed by atoms with Crippen LogP contribution in [-0.2, 0) is 9.53 Å². The zero-order valence-corrected chi connectivity index (χ0v) is 15.1. The number of carbonyl (C=O) groups is 2. The van der Waals surface area contributed by atoms with Crippen LogP contribution in [0.5, 0.6) is 11.5 Å². The first-order chi connectivity index (χ1) is 11.9. The normalized spacial score (nSPS) is 10.1. The Morgan fingerprint density at radius 1 is 1.08 bits per heavy atom. The summed E-state index contributed by atoms with van der Waals surface area (Å²) in [5.74, 6) is -1.28. The molecule has 0 spiro atoms. The number of hydrogen-bond donors (Lipinski definition) is 1. The second-order valence-corrected chi connectivity index (χ2v) is 5.73. The third-order valence-corrected chi connectivity index (χ3v) is 3.64. The second kappa shape index (κ2) is 8.48. The van der Waals surface area contributed by atoms with E-state index in [-0.39, 0.29) is 5.56 Å². The second-order valence-electron chi connectivity index (χ2n) is 4.82. The molecule has 0 heterocycles. The molecule has 0 bridgehead atoms. The Hall–Kier alpha value is -2.61. The number of rotatable bonds is 6. The molecule has 0 saturated carbocycles. The lowest BCUT2D eigenvalue weighted by Crippen LogP contribution is -2.21. The lowest BCUT2D eigenvalue weighted by molar-refractivity contribution is -0.119. The summed E-state index contributed by atoms with van der Waals surface area (Å²) < 4.78 is 29.2. The van der Waals surface area contributed by atoms with Crippen LogP contribution in [0.15, 0.2) is 40.9 Å². The number of halogens is 2. The maximum Gasteiger partial charge on any atom is 0.341 e. The molecule has 25 heavy (non-hydrogen) atoms. The van der Waals surface area contributed by atoms with E-state index in [2.05, 4.69) is 21.2 Å². The number of nitrogens with one attached hydrogen (secondary N) is 1. The van der Waals surface area contributed by atoms with Crippen molar-refractivity contribution < 1.29 is 28.2 Å². The summed E-state index contributed by atoms with van der Waals surface area (Å²) in [7, 11) is 2.97. The minimum atomic E-state index is -0.929. The monoisotopic (exact) mass is 411 g/mol. The van der Waals surface area contributed by atoms with Gasteiger partial charge in [0.25, 0.3) is 5.91 Å². The molecule has 0 aliphatic carbocycles. The van der Waals surface area contributed by atoms with Crippen molar-refractivity contribution >= 4 is 33.5 Å². The van der Waals surface area contributed by atoms with Gasteiger partial charge in [-0.1, -0.05) is 15.9 Å². The third kappa shape index (κ3) is 4.93. The molecule has 8 heteroatoms. The predicted octanol–water partition coefficient (Wildman–Crippen LogP) is 3.40. The fourth-order valence-electron chi connectivity index (χ4n) is 1.97. The van der Waals surface area contributed by atoms with Gasteiger partial charge in [-0.25, -0.2) is 9.18 Å². The number of hydrogen-bond acceptors (Lipinski definition) is 5. The van der Waals surface area contributed by atoms with E-state index in [1.165, 1.54) is 26.4 Å². The summed E-state index contributed by atoms with van der Waals surface area (Å²) in [6.45, 7) is -0.556. The summed E-state index contributed by atoms with van der Waals surface area (Å²) in [5, 5.41) is 2.55. The molecule has 0 fully saturated rings. The summed E-state index contributed by atoms with van der Waals surface area (Å²) in [6.07, 6.45) is 0. The Morgan fingerprint density at radius 2 is 1.80 bits per heavy atom. The van der Waals surface area contributed by atoms with Gasteiger partial charge in [0, 0.05) is 16.2 Å². The number of ether oxygens (including phenoxy) is 3. The summed E-state index contributed by atoms with van der Waals surface area (Å²) >= 11 is 3.14. The van der Waals surface area contributed by atoms with Gasteiger partial charge in [-0.05, 0) is 30.3 Å². The number of carbonyl (C=O) groups excluding carboxylic acids is 2. The molecule has 0 atom stereocenters. The Kier molecular flexibility index (Phi) is 6.35. The molecule has 0 aromatic heterocycles. The molecule has 0 aliphatic rings. The highest BCUT2D eigenvalue weighted by Crippen LogP contribution is 2.29. The number of esters is 1. The molecule has 0 aliphatic heterocycles. The topological polar surface area (TPSA) is 73.9 Å². The molecule has 6 nitrogen and oxygen atoms in total. The highest BCUT2D eigenvalue weighted by molar-refractivity contribution is 9.10. The average Bonchev–Trinajstić information content (AvgIpc) is 2.61. The van der Waals surface area contributed by atoms with Crippen molar-refractivity contribution in [2.75, 3.05) is 26.1 Å². The van der Waals surface area contributed by atoms with Gasteiger partial charge in [-0.2, -0.15) is 0 Å². The van der Waals surface area contributed by atoms with Gasteiger partial charge in [0.05, 0.1) is 19.8 Å². The highest BCUT2D eigenvalue weighted by atomic mass is 79.9. The van der Waals surface area contributed by atoms with Crippen LogP contribution in [0.2, 0.25) is 0 Å². The van der Waals surface area contributed by atoms with Crippen LogP contribution in [0.25, 0.3) is 0 Å². The summed E-state index contributed by atoms with van der Waals surface area (Å²) in [4.78, 5) is 23.7. The first-order valence-electron chi connectivity index (χ1n) is 7.08. The van der Waals surface area contributed by atoms with E-state index in [0.717, 1.165) is 6.07 Å². The summed E-state index contributed by atoms with van der Waals surface area (Å²) in [5.41, 5.74) is 0.181. The van der Waals surface area contributed by atoms with Crippen LogP contribution < -0.4 is 14.8 Å². The quantitative estimate of drug-likeness (QED) is 0.737. The molecule has 2 aromatic rings. The molecular weight excluding hydrogens is 397 g/mol. The van der Waals surface area contributed by atoms with Crippen molar-refractivity contribution in [3.63, 3.8) is 0 Å². The smallest absolute Gasteiger partial charge is 0.341 e. The Balaban J connectivity index is 1.96. The van der Waals surface area contributed by atoms with Crippen molar-refractivity contribution in [3.05, 3.63) is 52.3 Å². The van der Waals surface area contributed by atoms with E-state index < -0.39 is 24.3 Å². The maximum absolute atomic E-state index is 13.6. The van der Waals surface area contributed by atoms with Crippen LogP contribution in [0, 0.1) is 5.82 Å². The average molecular weight is 412 g/mol. The van der Waals surface area contributed by atoms with Crippen molar-refractivity contribution in [2.45, 2.75) is 0 Å².